The van der Waals surface area contributed by atoms with E-state index in [1.54, 1.807) is 0 Å². The van der Waals surface area contributed by atoms with Crippen LogP contribution in [0.15, 0.2) is 60.8 Å². The number of carbonyl (C=O) groups excluding carboxylic acids is 1. The molecule has 0 fully saturated rings. The second kappa shape index (κ2) is 5.83. The van der Waals surface area contributed by atoms with Gasteiger partial charge in [-0.15, -0.1) is 0 Å². The summed E-state index contributed by atoms with van der Waals surface area (Å²) in [6.07, 6.45) is 2.06. The number of nitrogens with zero attached hydrogens (tertiary/aromatic N) is 1. The van der Waals surface area contributed by atoms with E-state index in [2.05, 4.69) is 34.3 Å². The summed E-state index contributed by atoms with van der Waals surface area (Å²) in [7, 11) is 0. The summed E-state index contributed by atoms with van der Waals surface area (Å²) in [4.78, 5) is 12.1. The molecular weight excluding hydrogens is 260 g/mol. The minimum Gasteiger partial charge on any atom is -0.350 e. The zero-order valence-electron chi connectivity index (χ0n) is 12.0. The molecule has 2 aromatic carbocycles. The fraction of sp³-hybridized carbons (Fsp3) is 0.167. The van der Waals surface area contributed by atoms with Gasteiger partial charge in [0, 0.05) is 30.4 Å². The molecule has 1 amide bonds. The number of nitrogens with one attached hydrogen (secondary N) is 1. The lowest BCUT2D eigenvalue weighted by Crippen LogP contribution is -2.27. The van der Waals surface area contributed by atoms with E-state index in [0.29, 0.717) is 12.1 Å². The quantitative estimate of drug-likeness (QED) is 0.780. The molecule has 3 rings (SSSR count). The molecule has 1 heterocycles. The van der Waals surface area contributed by atoms with Crippen molar-refractivity contribution in [2.45, 2.75) is 13.5 Å². The van der Waals surface area contributed by atoms with Crippen molar-refractivity contribution in [3.8, 4) is 0 Å². The third kappa shape index (κ3) is 2.97. The Labute approximate surface area is 124 Å². The predicted octanol–water partition coefficient (Wildman–Crippen LogP) is 3.38. The highest BCUT2D eigenvalue weighted by atomic mass is 16.1. The number of amides is 1. The van der Waals surface area contributed by atoms with Gasteiger partial charge < -0.3 is 9.88 Å². The van der Waals surface area contributed by atoms with Crippen LogP contribution in [-0.4, -0.2) is 17.0 Å². The smallest absolute Gasteiger partial charge is 0.251 e. The Morgan fingerprint density at radius 3 is 2.81 bits per heavy atom. The van der Waals surface area contributed by atoms with E-state index in [-0.39, 0.29) is 5.91 Å². The van der Waals surface area contributed by atoms with Crippen molar-refractivity contribution in [3.63, 3.8) is 0 Å². The standard InChI is InChI=1S/C18H18N2O/c1-14-5-4-7-16(13-14)18(21)19-10-12-20-11-9-15-6-2-3-8-17(15)20/h2-9,11,13H,10,12H2,1H3,(H,19,21). The monoisotopic (exact) mass is 278 g/mol. The molecule has 0 spiro atoms. The van der Waals surface area contributed by atoms with E-state index in [0.717, 1.165) is 12.1 Å². The zero-order chi connectivity index (χ0) is 14.7. The molecule has 0 atom stereocenters. The average Bonchev–Trinajstić information content (AvgIpc) is 2.91. The molecule has 3 heteroatoms. The Hall–Kier alpha value is -2.55. The molecule has 3 aromatic rings. The Morgan fingerprint density at radius 2 is 1.95 bits per heavy atom. The average molecular weight is 278 g/mol. The summed E-state index contributed by atoms with van der Waals surface area (Å²) < 4.78 is 2.16. The van der Waals surface area contributed by atoms with Crippen LogP contribution in [0.1, 0.15) is 15.9 Å². The van der Waals surface area contributed by atoms with Gasteiger partial charge in [-0.25, -0.2) is 0 Å². The molecular formula is C18H18N2O. The Bertz CT molecular complexity index is 773. The second-order valence-corrected chi connectivity index (χ2v) is 5.19. The van der Waals surface area contributed by atoms with Crippen molar-refractivity contribution in [2.24, 2.45) is 0 Å². The van der Waals surface area contributed by atoms with Gasteiger partial charge in [-0.1, -0.05) is 35.9 Å². The highest BCUT2D eigenvalue weighted by molar-refractivity contribution is 5.94. The molecule has 0 saturated carbocycles. The van der Waals surface area contributed by atoms with Gasteiger partial charge in [-0.2, -0.15) is 0 Å². The van der Waals surface area contributed by atoms with Crippen molar-refractivity contribution in [1.29, 1.82) is 0 Å². The lowest BCUT2D eigenvalue weighted by atomic mass is 10.1. The lowest BCUT2D eigenvalue weighted by molar-refractivity contribution is 0.0952. The maximum absolute atomic E-state index is 12.1. The predicted molar refractivity (Wildman–Crippen MR) is 85.5 cm³/mol. The van der Waals surface area contributed by atoms with E-state index in [4.69, 9.17) is 0 Å². The number of carbonyl (C=O) groups is 1. The second-order valence-electron chi connectivity index (χ2n) is 5.19. The highest BCUT2D eigenvalue weighted by Crippen LogP contribution is 2.14. The minimum absolute atomic E-state index is 0.0184. The van der Waals surface area contributed by atoms with Crippen LogP contribution >= 0.6 is 0 Å². The number of fused-ring (bicyclic) bond motifs is 1. The largest absolute Gasteiger partial charge is 0.350 e. The van der Waals surface area contributed by atoms with Crippen molar-refractivity contribution in [3.05, 3.63) is 71.9 Å². The first-order valence-corrected chi connectivity index (χ1v) is 7.13. The molecule has 3 nitrogen and oxygen atoms in total. The normalized spacial score (nSPS) is 10.7. The van der Waals surface area contributed by atoms with Crippen LogP contribution in [0.3, 0.4) is 0 Å². The van der Waals surface area contributed by atoms with Gasteiger partial charge in [0.2, 0.25) is 0 Å². The molecule has 21 heavy (non-hydrogen) atoms. The number of hydrogen-bond acceptors (Lipinski definition) is 1. The lowest BCUT2D eigenvalue weighted by Gasteiger charge is -2.08. The maximum atomic E-state index is 12.1. The van der Waals surface area contributed by atoms with Gasteiger partial charge in [0.15, 0.2) is 0 Å². The maximum Gasteiger partial charge on any atom is 0.251 e. The van der Waals surface area contributed by atoms with Crippen LogP contribution in [0.5, 0.6) is 0 Å². The molecule has 0 unspecified atom stereocenters. The number of aryl methyl sites for hydroxylation is 1. The van der Waals surface area contributed by atoms with E-state index >= 15 is 0 Å². The number of para-hydroxylation sites is 1. The van der Waals surface area contributed by atoms with Crippen molar-refractivity contribution in [2.75, 3.05) is 6.54 Å². The SMILES string of the molecule is Cc1cccc(C(=O)NCCn2ccc3ccccc32)c1. The number of rotatable bonds is 4. The molecule has 106 valence electrons. The fourth-order valence-corrected chi connectivity index (χ4v) is 2.51. The fourth-order valence-electron chi connectivity index (χ4n) is 2.51. The minimum atomic E-state index is -0.0184. The van der Waals surface area contributed by atoms with Crippen molar-refractivity contribution >= 4 is 16.8 Å². The van der Waals surface area contributed by atoms with Crippen LogP contribution in [-0.2, 0) is 6.54 Å². The summed E-state index contributed by atoms with van der Waals surface area (Å²) in [6.45, 7) is 3.37. The van der Waals surface area contributed by atoms with Crippen molar-refractivity contribution < 1.29 is 4.79 Å². The molecule has 1 aromatic heterocycles. The molecule has 1 N–H and O–H groups in total. The van der Waals surface area contributed by atoms with Gasteiger partial charge in [-0.3, -0.25) is 4.79 Å². The van der Waals surface area contributed by atoms with E-state index < -0.39 is 0 Å². The zero-order valence-corrected chi connectivity index (χ0v) is 12.0. The third-order valence-corrected chi connectivity index (χ3v) is 3.60. The van der Waals surface area contributed by atoms with Crippen LogP contribution in [0, 0.1) is 6.92 Å². The first kappa shape index (κ1) is 13.4. The Kier molecular flexibility index (Phi) is 3.73. The molecule has 0 aliphatic rings. The van der Waals surface area contributed by atoms with Gasteiger partial charge >= 0.3 is 0 Å². The summed E-state index contributed by atoms with van der Waals surface area (Å²) in [5, 5.41) is 4.19. The van der Waals surface area contributed by atoms with Crippen LogP contribution in [0.2, 0.25) is 0 Å². The highest BCUT2D eigenvalue weighted by Gasteiger charge is 2.05. The molecule has 0 bridgehead atoms. The molecule has 0 saturated heterocycles. The van der Waals surface area contributed by atoms with Gasteiger partial charge in [0.1, 0.15) is 0 Å². The Balaban J connectivity index is 1.62. The summed E-state index contributed by atoms with van der Waals surface area (Å²) in [5.74, 6) is -0.0184. The first-order valence-electron chi connectivity index (χ1n) is 7.13. The molecule has 0 radical (unpaired) electrons. The summed E-state index contributed by atoms with van der Waals surface area (Å²) in [5.41, 5.74) is 3.01. The summed E-state index contributed by atoms with van der Waals surface area (Å²) >= 11 is 0. The van der Waals surface area contributed by atoms with E-state index in [1.807, 2.05) is 43.3 Å². The van der Waals surface area contributed by atoms with E-state index in [9.17, 15) is 4.79 Å². The van der Waals surface area contributed by atoms with Gasteiger partial charge in [-0.05, 0) is 36.6 Å². The van der Waals surface area contributed by atoms with E-state index in [1.165, 1.54) is 10.9 Å². The molecule has 0 aliphatic heterocycles. The number of aromatic nitrogens is 1. The molecule has 0 aliphatic carbocycles. The van der Waals surface area contributed by atoms with Crippen molar-refractivity contribution in [1.82, 2.24) is 9.88 Å². The van der Waals surface area contributed by atoms with Gasteiger partial charge in [0.25, 0.3) is 5.91 Å². The summed E-state index contributed by atoms with van der Waals surface area (Å²) in [6, 6.07) is 18.0. The van der Waals surface area contributed by atoms with Crippen LogP contribution < -0.4 is 5.32 Å². The number of hydrogen-bond donors (Lipinski definition) is 1. The Morgan fingerprint density at radius 1 is 1.10 bits per heavy atom. The third-order valence-electron chi connectivity index (χ3n) is 3.60. The first-order chi connectivity index (χ1) is 10.2. The van der Waals surface area contributed by atoms with Crippen LogP contribution in [0.25, 0.3) is 10.9 Å². The van der Waals surface area contributed by atoms with Gasteiger partial charge in [0.05, 0.1) is 0 Å². The number of benzene rings is 2. The topological polar surface area (TPSA) is 34.0 Å². The van der Waals surface area contributed by atoms with Crippen LogP contribution in [0.4, 0.5) is 0 Å².